The third kappa shape index (κ3) is 1.74. The van der Waals surface area contributed by atoms with Crippen LogP contribution in [0.15, 0.2) is 24.3 Å². The Morgan fingerprint density at radius 3 is 2.64 bits per heavy atom. The zero-order chi connectivity index (χ0) is 8.32. The standard InChI is InChI=1S/C8H8BrClO/c9-6-8(7(10)11)4-2-1-3-5-8/h1-4H,5-6H2. The summed E-state index contributed by atoms with van der Waals surface area (Å²) in [6, 6.07) is 0. The minimum Gasteiger partial charge on any atom is -0.280 e. The zero-order valence-corrected chi connectivity index (χ0v) is 8.23. The lowest BCUT2D eigenvalue weighted by Gasteiger charge is -2.23. The fourth-order valence-corrected chi connectivity index (χ4v) is 2.00. The molecule has 1 unspecified atom stereocenters. The van der Waals surface area contributed by atoms with Crippen molar-refractivity contribution in [3.8, 4) is 0 Å². The maximum Gasteiger partial charge on any atom is 0.232 e. The molecular weight excluding hydrogens is 227 g/mol. The fraction of sp³-hybridized carbons (Fsp3) is 0.375. The van der Waals surface area contributed by atoms with Crippen LogP contribution >= 0.6 is 27.5 Å². The molecule has 1 rings (SSSR count). The summed E-state index contributed by atoms with van der Waals surface area (Å²) in [7, 11) is 0. The first kappa shape index (κ1) is 9.01. The SMILES string of the molecule is O=C(Cl)C1(CBr)C=CC=CC1. The largest absolute Gasteiger partial charge is 0.280 e. The van der Waals surface area contributed by atoms with Crippen LogP contribution in [0.5, 0.6) is 0 Å². The van der Waals surface area contributed by atoms with E-state index in [1.807, 2.05) is 24.3 Å². The van der Waals surface area contributed by atoms with Gasteiger partial charge in [-0.1, -0.05) is 40.2 Å². The molecule has 60 valence electrons. The van der Waals surface area contributed by atoms with Gasteiger partial charge in [0, 0.05) is 5.33 Å². The second-order valence-corrected chi connectivity index (χ2v) is 3.46. The lowest BCUT2D eigenvalue weighted by molar-refractivity contribution is -0.117. The van der Waals surface area contributed by atoms with Gasteiger partial charge in [0.1, 0.15) is 0 Å². The molecule has 1 aliphatic carbocycles. The van der Waals surface area contributed by atoms with E-state index in [9.17, 15) is 4.79 Å². The number of allylic oxidation sites excluding steroid dienone is 4. The van der Waals surface area contributed by atoms with Gasteiger partial charge >= 0.3 is 0 Å². The Morgan fingerprint density at radius 2 is 2.36 bits per heavy atom. The highest BCUT2D eigenvalue weighted by Crippen LogP contribution is 2.32. The van der Waals surface area contributed by atoms with Crippen LogP contribution in [0.25, 0.3) is 0 Å². The van der Waals surface area contributed by atoms with Gasteiger partial charge in [-0.25, -0.2) is 0 Å². The van der Waals surface area contributed by atoms with Gasteiger partial charge in [0.25, 0.3) is 0 Å². The summed E-state index contributed by atoms with van der Waals surface area (Å²) in [4.78, 5) is 11.0. The third-order valence-electron chi connectivity index (χ3n) is 1.77. The quantitative estimate of drug-likeness (QED) is 0.531. The second-order valence-electron chi connectivity index (χ2n) is 2.55. The molecule has 0 radical (unpaired) electrons. The molecular formula is C8H8BrClO. The molecule has 1 nitrogen and oxygen atoms in total. The summed E-state index contributed by atoms with van der Waals surface area (Å²) in [5.74, 6) is 0. The predicted molar refractivity (Wildman–Crippen MR) is 50.0 cm³/mol. The summed E-state index contributed by atoms with van der Waals surface area (Å²) in [5, 5.41) is 0.290. The first-order valence-corrected chi connectivity index (χ1v) is 4.81. The lowest BCUT2D eigenvalue weighted by atomic mass is 9.85. The first-order valence-electron chi connectivity index (χ1n) is 3.31. The maximum atomic E-state index is 11.0. The molecule has 0 aliphatic heterocycles. The van der Waals surface area contributed by atoms with Gasteiger partial charge < -0.3 is 0 Å². The van der Waals surface area contributed by atoms with Crippen molar-refractivity contribution in [3.05, 3.63) is 24.3 Å². The van der Waals surface area contributed by atoms with Crippen molar-refractivity contribution in [1.82, 2.24) is 0 Å². The smallest absolute Gasteiger partial charge is 0.232 e. The van der Waals surface area contributed by atoms with E-state index in [-0.39, 0.29) is 5.24 Å². The minimum absolute atomic E-state index is 0.296. The van der Waals surface area contributed by atoms with Crippen LogP contribution in [0.3, 0.4) is 0 Å². The van der Waals surface area contributed by atoms with Gasteiger partial charge in [-0.3, -0.25) is 4.79 Å². The van der Waals surface area contributed by atoms with Crippen molar-refractivity contribution in [1.29, 1.82) is 0 Å². The van der Waals surface area contributed by atoms with Crippen molar-refractivity contribution < 1.29 is 4.79 Å². The van der Waals surface area contributed by atoms with Crippen molar-refractivity contribution in [2.45, 2.75) is 6.42 Å². The van der Waals surface area contributed by atoms with Crippen LogP contribution in [0.2, 0.25) is 0 Å². The molecule has 0 amide bonds. The zero-order valence-electron chi connectivity index (χ0n) is 5.89. The molecule has 11 heavy (non-hydrogen) atoms. The number of carbonyl (C=O) groups excluding carboxylic acids is 1. The number of hydrogen-bond acceptors (Lipinski definition) is 1. The van der Waals surface area contributed by atoms with Gasteiger partial charge in [-0.05, 0) is 18.0 Å². The van der Waals surface area contributed by atoms with E-state index < -0.39 is 5.41 Å². The van der Waals surface area contributed by atoms with Crippen LogP contribution in [0.4, 0.5) is 0 Å². The minimum atomic E-state index is -0.504. The number of halogens is 2. The molecule has 0 fully saturated rings. The van der Waals surface area contributed by atoms with Gasteiger partial charge in [0.2, 0.25) is 5.24 Å². The topological polar surface area (TPSA) is 17.1 Å². The summed E-state index contributed by atoms with van der Waals surface area (Å²) in [6.07, 6.45) is 8.25. The predicted octanol–water partition coefficient (Wildman–Crippen LogP) is 2.65. The Hall–Kier alpha value is -0.0800. The third-order valence-corrected chi connectivity index (χ3v) is 3.15. The van der Waals surface area contributed by atoms with Gasteiger partial charge in [-0.2, -0.15) is 0 Å². The van der Waals surface area contributed by atoms with E-state index in [0.29, 0.717) is 11.8 Å². The number of carbonyl (C=O) groups is 1. The molecule has 0 bridgehead atoms. The molecule has 0 saturated heterocycles. The molecule has 0 aromatic carbocycles. The number of rotatable bonds is 2. The summed E-state index contributed by atoms with van der Waals surface area (Å²) in [6.45, 7) is 0. The molecule has 0 saturated carbocycles. The Balaban J connectivity index is 2.85. The second kappa shape index (κ2) is 3.55. The van der Waals surface area contributed by atoms with Gasteiger partial charge in [0.15, 0.2) is 0 Å². The molecule has 0 aromatic heterocycles. The average Bonchev–Trinajstić information content (AvgIpc) is 2.05. The van der Waals surface area contributed by atoms with E-state index in [2.05, 4.69) is 15.9 Å². The molecule has 1 aliphatic rings. The normalized spacial score (nSPS) is 28.9. The van der Waals surface area contributed by atoms with Crippen LogP contribution in [0, 0.1) is 5.41 Å². The first-order chi connectivity index (χ1) is 5.21. The maximum absolute atomic E-state index is 11.0. The highest BCUT2D eigenvalue weighted by atomic mass is 79.9. The summed E-state index contributed by atoms with van der Waals surface area (Å²) < 4.78 is 0. The van der Waals surface area contributed by atoms with Crippen molar-refractivity contribution in [2.75, 3.05) is 5.33 Å². The molecule has 0 spiro atoms. The molecule has 1 atom stereocenters. The number of alkyl halides is 1. The van der Waals surface area contributed by atoms with E-state index in [0.717, 1.165) is 0 Å². The van der Waals surface area contributed by atoms with E-state index in [1.54, 1.807) is 0 Å². The lowest BCUT2D eigenvalue weighted by Crippen LogP contribution is -2.27. The Labute approximate surface area is 79.2 Å². The van der Waals surface area contributed by atoms with Gasteiger partial charge in [0.05, 0.1) is 5.41 Å². The Morgan fingerprint density at radius 1 is 1.64 bits per heavy atom. The molecule has 0 heterocycles. The highest BCUT2D eigenvalue weighted by Gasteiger charge is 2.32. The van der Waals surface area contributed by atoms with Crippen molar-refractivity contribution in [3.63, 3.8) is 0 Å². The summed E-state index contributed by atoms with van der Waals surface area (Å²) in [5.41, 5.74) is -0.504. The van der Waals surface area contributed by atoms with Crippen LogP contribution in [-0.4, -0.2) is 10.6 Å². The highest BCUT2D eigenvalue weighted by molar-refractivity contribution is 9.09. The van der Waals surface area contributed by atoms with Gasteiger partial charge in [-0.15, -0.1) is 0 Å². The Bertz CT molecular complexity index is 222. The van der Waals surface area contributed by atoms with E-state index >= 15 is 0 Å². The van der Waals surface area contributed by atoms with E-state index in [1.165, 1.54) is 0 Å². The summed E-state index contributed by atoms with van der Waals surface area (Å²) >= 11 is 8.74. The average molecular weight is 236 g/mol. The number of hydrogen-bond donors (Lipinski definition) is 0. The monoisotopic (exact) mass is 234 g/mol. The Kier molecular flexibility index (Phi) is 2.90. The van der Waals surface area contributed by atoms with Crippen molar-refractivity contribution in [2.24, 2.45) is 5.41 Å². The fourth-order valence-electron chi connectivity index (χ4n) is 0.962. The van der Waals surface area contributed by atoms with Crippen LogP contribution in [0.1, 0.15) is 6.42 Å². The molecule has 0 N–H and O–H groups in total. The van der Waals surface area contributed by atoms with E-state index in [4.69, 9.17) is 11.6 Å². The van der Waals surface area contributed by atoms with Crippen LogP contribution < -0.4 is 0 Å². The molecule has 3 heteroatoms. The van der Waals surface area contributed by atoms with Crippen LogP contribution in [-0.2, 0) is 4.79 Å². The van der Waals surface area contributed by atoms with Crippen molar-refractivity contribution >= 4 is 32.8 Å². The molecule has 0 aromatic rings.